The highest BCUT2D eigenvalue weighted by Crippen LogP contribution is 2.31. The van der Waals surface area contributed by atoms with E-state index in [1.807, 2.05) is 12.1 Å². The Morgan fingerprint density at radius 2 is 1.71 bits per heavy atom. The maximum atomic E-state index is 9.01. The van der Waals surface area contributed by atoms with Crippen molar-refractivity contribution in [1.82, 2.24) is 0 Å². The van der Waals surface area contributed by atoms with Crippen LogP contribution < -0.4 is 0 Å². The minimum atomic E-state index is -1.82. The fraction of sp³-hybridized carbons (Fsp3) is 0.455. The van der Waals surface area contributed by atoms with Crippen molar-refractivity contribution in [3.8, 4) is 0 Å². The molecule has 2 nitrogen and oxygen atoms in total. The van der Waals surface area contributed by atoms with Crippen LogP contribution in [0.5, 0.6) is 0 Å². The van der Waals surface area contributed by atoms with Gasteiger partial charge in [0.05, 0.1) is 0 Å². The minimum Gasteiger partial charge on any atom is -0.350 e. The molecule has 0 spiro atoms. The van der Waals surface area contributed by atoms with Gasteiger partial charge < -0.3 is 9.79 Å². The van der Waals surface area contributed by atoms with Gasteiger partial charge in [0.15, 0.2) is 8.38 Å². The van der Waals surface area contributed by atoms with Crippen LogP contribution in [0.4, 0.5) is 0 Å². The Balaban J connectivity index is 3.02. The van der Waals surface area contributed by atoms with Crippen molar-refractivity contribution >= 4 is 8.38 Å². The topological polar surface area (TPSA) is 40.5 Å². The highest BCUT2D eigenvalue weighted by atomic mass is 31.2. The monoisotopic (exact) mass is 212 g/mol. The van der Waals surface area contributed by atoms with Gasteiger partial charge in [-0.2, -0.15) is 0 Å². The first kappa shape index (κ1) is 11.6. The van der Waals surface area contributed by atoms with Crippen LogP contribution in [0.15, 0.2) is 18.2 Å². The average molecular weight is 212 g/mol. The maximum absolute atomic E-state index is 9.01. The van der Waals surface area contributed by atoms with Gasteiger partial charge in [-0.15, -0.1) is 0 Å². The molecule has 1 aromatic rings. The number of hydrogen-bond acceptors (Lipinski definition) is 2. The van der Waals surface area contributed by atoms with Crippen molar-refractivity contribution in [3.05, 3.63) is 34.9 Å². The quantitative estimate of drug-likeness (QED) is 0.753. The summed E-state index contributed by atoms with van der Waals surface area (Å²) < 4.78 is 0. The molecule has 0 aromatic heterocycles. The summed E-state index contributed by atoms with van der Waals surface area (Å²) in [5, 5.41) is 0. The number of aryl methyl sites for hydroxylation is 1. The van der Waals surface area contributed by atoms with Crippen LogP contribution in [0.3, 0.4) is 0 Å². The van der Waals surface area contributed by atoms with Gasteiger partial charge >= 0.3 is 0 Å². The van der Waals surface area contributed by atoms with Gasteiger partial charge in [0.25, 0.3) is 0 Å². The molecule has 0 aliphatic carbocycles. The zero-order valence-corrected chi connectivity index (χ0v) is 9.59. The van der Waals surface area contributed by atoms with Crippen LogP contribution in [0, 0.1) is 0 Å². The van der Waals surface area contributed by atoms with Crippen molar-refractivity contribution < 1.29 is 9.79 Å². The molecule has 0 unspecified atom stereocenters. The van der Waals surface area contributed by atoms with E-state index >= 15 is 0 Å². The first-order valence-corrected chi connectivity index (χ1v) is 6.37. The summed E-state index contributed by atoms with van der Waals surface area (Å²) in [4.78, 5) is 18.0. The maximum Gasteiger partial charge on any atom is 0.169 e. The highest BCUT2D eigenvalue weighted by Gasteiger charge is 2.08. The molecule has 0 heterocycles. The molecule has 0 radical (unpaired) electrons. The largest absolute Gasteiger partial charge is 0.350 e. The van der Waals surface area contributed by atoms with E-state index in [-0.39, 0.29) is 0 Å². The molecule has 14 heavy (non-hydrogen) atoms. The van der Waals surface area contributed by atoms with E-state index in [9.17, 15) is 0 Å². The second-order valence-corrected chi connectivity index (χ2v) is 4.35. The molecule has 0 fully saturated rings. The SMILES string of the molecule is CCc1cccc(CP(O)O)c1CC. The lowest BCUT2D eigenvalue weighted by atomic mass is 9.98. The molecule has 0 aliphatic heterocycles. The van der Waals surface area contributed by atoms with Crippen molar-refractivity contribution in [2.24, 2.45) is 0 Å². The molecule has 2 N–H and O–H groups in total. The number of hydrogen-bond donors (Lipinski definition) is 2. The zero-order valence-electron chi connectivity index (χ0n) is 8.70. The third-order valence-electron chi connectivity index (χ3n) is 2.42. The Bertz CT molecular complexity index is 297. The van der Waals surface area contributed by atoms with Gasteiger partial charge in [0.1, 0.15) is 0 Å². The molecular weight excluding hydrogens is 195 g/mol. The smallest absolute Gasteiger partial charge is 0.169 e. The van der Waals surface area contributed by atoms with Crippen LogP contribution in [0.1, 0.15) is 30.5 Å². The van der Waals surface area contributed by atoms with E-state index in [0.717, 1.165) is 18.4 Å². The van der Waals surface area contributed by atoms with E-state index in [1.165, 1.54) is 11.1 Å². The molecule has 0 atom stereocenters. The molecular formula is C11H17O2P. The lowest BCUT2D eigenvalue weighted by Gasteiger charge is -2.12. The molecule has 1 rings (SSSR count). The van der Waals surface area contributed by atoms with Crippen LogP contribution in [-0.4, -0.2) is 9.79 Å². The van der Waals surface area contributed by atoms with E-state index < -0.39 is 8.38 Å². The Kier molecular flexibility index (Phi) is 4.53. The normalized spacial score (nSPS) is 10.9. The third-order valence-corrected chi connectivity index (χ3v) is 3.04. The van der Waals surface area contributed by atoms with Gasteiger partial charge in [-0.3, -0.25) is 0 Å². The predicted molar refractivity (Wildman–Crippen MR) is 60.3 cm³/mol. The summed E-state index contributed by atoms with van der Waals surface area (Å²) >= 11 is 0. The van der Waals surface area contributed by atoms with Crippen LogP contribution in [-0.2, 0) is 19.0 Å². The highest BCUT2D eigenvalue weighted by molar-refractivity contribution is 7.44. The van der Waals surface area contributed by atoms with E-state index in [4.69, 9.17) is 9.79 Å². The molecule has 3 heteroatoms. The summed E-state index contributed by atoms with van der Waals surface area (Å²) in [6.45, 7) is 4.23. The predicted octanol–water partition coefficient (Wildman–Crippen LogP) is 2.61. The Morgan fingerprint density at radius 3 is 2.21 bits per heavy atom. The Morgan fingerprint density at radius 1 is 1.07 bits per heavy atom. The molecule has 0 amide bonds. The fourth-order valence-electron chi connectivity index (χ4n) is 1.77. The van der Waals surface area contributed by atoms with Crippen molar-refractivity contribution in [2.75, 3.05) is 0 Å². The standard InChI is InChI=1S/C11H17O2P/c1-3-9-6-5-7-10(8-14(12)13)11(9)4-2/h5-7,12-13H,3-4,8H2,1-2H3. The summed E-state index contributed by atoms with van der Waals surface area (Å²) in [5.41, 5.74) is 3.69. The first-order chi connectivity index (χ1) is 6.69. The van der Waals surface area contributed by atoms with Crippen LogP contribution >= 0.6 is 8.38 Å². The van der Waals surface area contributed by atoms with Gasteiger partial charge in [0.2, 0.25) is 0 Å². The first-order valence-electron chi connectivity index (χ1n) is 4.94. The van der Waals surface area contributed by atoms with Crippen molar-refractivity contribution in [1.29, 1.82) is 0 Å². The number of benzene rings is 1. The molecule has 0 aliphatic rings. The Labute approximate surface area is 86.5 Å². The van der Waals surface area contributed by atoms with Gasteiger partial charge in [-0.25, -0.2) is 0 Å². The molecule has 78 valence electrons. The zero-order chi connectivity index (χ0) is 10.6. The minimum absolute atomic E-state index is 0.395. The molecule has 0 saturated heterocycles. The van der Waals surface area contributed by atoms with Crippen molar-refractivity contribution in [2.45, 2.75) is 32.9 Å². The molecule has 0 bridgehead atoms. The Hall–Kier alpha value is -0.430. The lowest BCUT2D eigenvalue weighted by molar-refractivity contribution is 0.481. The summed E-state index contributed by atoms with van der Waals surface area (Å²) in [5.74, 6) is 0. The van der Waals surface area contributed by atoms with Crippen molar-refractivity contribution in [3.63, 3.8) is 0 Å². The molecule has 1 aromatic carbocycles. The van der Waals surface area contributed by atoms with Crippen LogP contribution in [0.25, 0.3) is 0 Å². The third kappa shape index (κ3) is 2.78. The van der Waals surface area contributed by atoms with Crippen LogP contribution in [0.2, 0.25) is 0 Å². The van der Waals surface area contributed by atoms with Gasteiger partial charge in [-0.1, -0.05) is 32.0 Å². The lowest BCUT2D eigenvalue weighted by Crippen LogP contribution is -1.97. The second kappa shape index (κ2) is 5.45. The fourth-order valence-corrected chi connectivity index (χ4v) is 2.37. The van der Waals surface area contributed by atoms with E-state index in [1.54, 1.807) is 0 Å². The summed E-state index contributed by atoms with van der Waals surface area (Å²) in [7, 11) is -1.82. The average Bonchev–Trinajstić information content (AvgIpc) is 2.16. The summed E-state index contributed by atoms with van der Waals surface area (Å²) in [6, 6.07) is 6.09. The molecule has 0 saturated carbocycles. The number of rotatable bonds is 4. The second-order valence-electron chi connectivity index (χ2n) is 3.29. The van der Waals surface area contributed by atoms with E-state index in [0.29, 0.717) is 6.16 Å². The van der Waals surface area contributed by atoms with E-state index in [2.05, 4.69) is 19.9 Å². The van der Waals surface area contributed by atoms with Gasteiger partial charge in [0, 0.05) is 6.16 Å². The van der Waals surface area contributed by atoms with Gasteiger partial charge in [-0.05, 0) is 29.5 Å². The summed E-state index contributed by atoms with van der Waals surface area (Å²) in [6.07, 6.45) is 2.36.